The average Bonchev–Trinajstić information content (AvgIpc) is 2.57. The predicted octanol–water partition coefficient (Wildman–Crippen LogP) is 2.25. The van der Waals surface area contributed by atoms with Gasteiger partial charge in [-0.05, 0) is 25.3 Å². The lowest BCUT2D eigenvalue weighted by molar-refractivity contribution is -0.182. The van der Waals surface area contributed by atoms with Crippen LogP contribution in [0.15, 0.2) is 30.3 Å². The number of benzene rings is 1. The van der Waals surface area contributed by atoms with Gasteiger partial charge in [0.25, 0.3) is 0 Å². The largest absolute Gasteiger partial charge is 0.465 e. The summed E-state index contributed by atoms with van der Waals surface area (Å²) < 4.78 is 16.2. The van der Waals surface area contributed by atoms with Crippen LogP contribution in [0.5, 0.6) is 0 Å². The van der Waals surface area contributed by atoms with E-state index in [1.54, 1.807) is 0 Å². The zero-order valence-electron chi connectivity index (χ0n) is 13.1. The molecular formula is C17H25NO4. The molecule has 22 heavy (non-hydrogen) atoms. The van der Waals surface area contributed by atoms with Gasteiger partial charge in [0.2, 0.25) is 0 Å². The van der Waals surface area contributed by atoms with E-state index in [1.807, 2.05) is 37.3 Å². The minimum absolute atomic E-state index is 0.204. The van der Waals surface area contributed by atoms with Crippen molar-refractivity contribution in [1.82, 2.24) is 5.32 Å². The van der Waals surface area contributed by atoms with Crippen molar-refractivity contribution >= 4 is 5.97 Å². The van der Waals surface area contributed by atoms with E-state index in [9.17, 15) is 4.79 Å². The van der Waals surface area contributed by atoms with Crippen LogP contribution in [0.1, 0.15) is 31.7 Å². The van der Waals surface area contributed by atoms with Gasteiger partial charge in [0.1, 0.15) is 6.04 Å². The summed E-state index contributed by atoms with van der Waals surface area (Å²) in [5.41, 5.74) is 1.14. The number of nitrogens with one attached hydrogen (secondary N) is 1. The predicted molar refractivity (Wildman–Crippen MR) is 83.2 cm³/mol. The van der Waals surface area contributed by atoms with E-state index in [4.69, 9.17) is 14.2 Å². The summed E-state index contributed by atoms with van der Waals surface area (Å²) >= 11 is 0. The van der Waals surface area contributed by atoms with Crippen molar-refractivity contribution in [2.45, 2.75) is 45.1 Å². The fourth-order valence-corrected chi connectivity index (χ4v) is 2.39. The molecule has 1 unspecified atom stereocenters. The summed E-state index contributed by atoms with van der Waals surface area (Å²) in [6, 6.07) is 9.67. The number of hydrogen-bond donors (Lipinski definition) is 1. The molecular weight excluding hydrogens is 282 g/mol. The SMILES string of the molecule is CCOC(=O)C(CCC1OCCCO1)NCc1ccccc1. The van der Waals surface area contributed by atoms with Crippen LogP contribution in [0.3, 0.4) is 0 Å². The Morgan fingerprint density at radius 2 is 2.05 bits per heavy atom. The van der Waals surface area contributed by atoms with Crippen LogP contribution in [0.25, 0.3) is 0 Å². The molecule has 0 amide bonds. The van der Waals surface area contributed by atoms with Gasteiger partial charge in [-0.2, -0.15) is 0 Å². The van der Waals surface area contributed by atoms with Gasteiger partial charge in [-0.1, -0.05) is 30.3 Å². The summed E-state index contributed by atoms with van der Waals surface area (Å²) in [6.45, 7) is 4.30. The molecule has 1 aromatic rings. The van der Waals surface area contributed by atoms with Gasteiger partial charge in [0.05, 0.1) is 19.8 Å². The fraction of sp³-hybridized carbons (Fsp3) is 0.588. The molecule has 1 atom stereocenters. The molecule has 2 rings (SSSR count). The molecule has 5 heteroatoms. The topological polar surface area (TPSA) is 56.8 Å². The molecule has 1 aliphatic heterocycles. The summed E-state index contributed by atoms with van der Waals surface area (Å²) in [6.07, 6.45) is 2.05. The molecule has 0 saturated carbocycles. The van der Waals surface area contributed by atoms with Gasteiger partial charge in [0, 0.05) is 13.0 Å². The van der Waals surface area contributed by atoms with Gasteiger partial charge in [-0.25, -0.2) is 0 Å². The first-order valence-corrected chi connectivity index (χ1v) is 7.96. The summed E-state index contributed by atoms with van der Waals surface area (Å²) in [4.78, 5) is 12.1. The van der Waals surface area contributed by atoms with Crippen molar-refractivity contribution in [2.75, 3.05) is 19.8 Å². The molecule has 1 aromatic carbocycles. The number of hydrogen-bond acceptors (Lipinski definition) is 5. The molecule has 0 radical (unpaired) electrons. The fourth-order valence-electron chi connectivity index (χ4n) is 2.39. The quantitative estimate of drug-likeness (QED) is 0.747. The van der Waals surface area contributed by atoms with Crippen molar-refractivity contribution < 1.29 is 19.0 Å². The maximum Gasteiger partial charge on any atom is 0.323 e. The van der Waals surface area contributed by atoms with Crippen molar-refractivity contribution in [3.63, 3.8) is 0 Å². The molecule has 1 heterocycles. The number of carbonyl (C=O) groups excluding carboxylic acids is 1. The summed E-state index contributed by atoms with van der Waals surface area (Å²) in [7, 11) is 0. The van der Waals surface area contributed by atoms with Crippen LogP contribution in [-0.4, -0.2) is 38.1 Å². The summed E-state index contributed by atoms with van der Waals surface area (Å²) in [5, 5.41) is 3.27. The van der Waals surface area contributed by atoms with E-state index >= 15 is 0 Å². The summed E-state index contributed by atoms with van der Waals surface area (Å²) in [5.74, 6) is -0.214. The Hall–Kier alpha value is -1.43. The molecule has 5 nitrogen and oxygen atoms in total. The normalized spacial score (nSPS) is 17.1. The van der Waals surface area contributed by atoms with E-state index in [2.05, 4.69) is 5.32 Å². The van der Waals surface area contributed by atoms with Gasteiger partial charge in [0.15, 0.2) is 6.29 Å². The van der Waals surface area contributed by atoms with Crippen molar-refractivity contribution in [2.24, 2.45) is 0 Å². The highest BCUT2D eigenvalue weighted by atomic mass is 16.7. The first-order valence-electron chi connectivity index (χ1n) is 7.96. The third kappa shape index (κ3) is 5.75. The second-order valence-electron chi connectivity index (χ2n) is 5.27. The monoisotopic (exact) mass is 307 g/mol. The first kappa shape index (κ1) is 16.9. The van der Waals surface area contributed by atoms with Gasteiger partial charge in [-0.3, -0.25) is 4.79 Å². The third-order valence-corrected chi connectivity index (χ3v) is 3.55. The van der Waals surface area contributed by atoms with E-state index in [0.717, 1.165) is 25.2 Å². The zero-order valence-corrected chi connectivity index (χ0v) is 13.1. The molecule has 0 aromatic heterocycles. The maximum atomic E-state index is 12.1. The highest BCUT2D eigenvalue weighted by Gasteiger charge is 2.22. The van der Waals surface area contributed by atoms with Crippen molar-refractivity contribution in [3.8, 4) is 0 Å². The first-order chi connectivity index (χ1) is 10.8. The van der Waals surface area contributed by atoms with Gasteiger partial charge in [-0.15, -0.1) is 0 Å². The molecule has 122 valence electrons. The van der Waals surface area contributed by atoms with Crippen LogP contribution in [-0.2, 0) is 25.5 Å². The second-order valence-corrected chi connectivity index (χ2v) is 5.27. The molecule has 1 N–H and O–H groups in total. The zero-order chi connectivity index (χ0) is 15.6. The van der Waals surface area contributed by atoms with E-state index < -0.39 is 0 Å². The lowest BCUT2D eigenvalue weighted by atomic mass is 10.1. The van der Waals surface area contributed by atoms with E-state index in [-0.39, 0.29) is 18.3 Å². The Bertz CT molecular complexity index is 432. The average molecular weight is 307 g/mol. The number of esters is 1. The van der Waals surface area contributed by atoms with Crippen LogP contribution in [0.4, 0.5) is 0 Å². The van der Waals surface area contributed by atoms with Crippen LogP contribution < -0.4 is 5.32 Å². The molecule has 1 saturated heterocycles. The van der Waals surface area contributed by atoms with Crippen LogP contribution in [0.2, 0.25) is 0 Å². The lowest BCUT2D eigenvalue weighted by Crippen LogP contribution is -2.39. The molecule has 0 aliphatic carbocycles. The highest BCUT2D eigenvalue weighted by Crippen LogP contribution is 2.13. The van der Waals surface area contributed by atoms with Gasteiger partial charge < -0.3 is 19.5 Å². The molecule has 0 spiro atoms. The molecule has 0 bridgehead atoms. The Balaban J connectivity index is 1.83. The second kappa shape index (κ2) is 9.56. The molecule has 1 fully saturated rings. The van der Waals surface area contributed by atoms with E-state index in [0.29, 0.717) is 26.0 Å². The Kier molecular flexibility index (Phi) is 7.36. The maximum absolute atomic E-state index is 12.1. The molecule has 1 aliphatic rings. The minimum atomic E-state index is -0.339. The number of carbonyl (C=O) groups is 1. The Labute approximate surface area is 131 Å². The Morgan fingerprint density at radius 1 is 1.32 bits per heavy atom. The van der Waals surface area contributed by atoms with Crippen LogP contribution >= 0.6 is 0 Å². The highest BCUT2D eigenvalue weighted by molar-refractivity contribution is 5.75. The smallest absolute Gasteiger partial charge is 0.323 e. The van der Waals surface area contributed by atoms with Crippen molar-refractivity contribution in [1.29, 1.82) is 0 Å². The minimum Gasteiger partial charge on any atom is -0.465 e. The van der Waals surface area contributed by atoms with Crippen molar-refractivity contribution in [3.05, 3.63) is 35.9 Å². The van der Waals surface area contributed by atoms with Crippen LogP contribution in [0, 0.1) is 0 Å². The number of ether oxygens (including phenoxy) is 3. The third-order valence-electron chi connectivity index (χ3n) is 3.55. The standard InChI is InChI=1S/C17H25NO4/c1-2-20-17(19)15(9-10-16-21-11-6-12-22-16)18-13-14-7-4-3-5-8-14/h3-5,7-8,15-16,18H,2,6,9-13H2,1H3. The lowest BCUT2D eigenvalue weighted by Gasteiger charge is -2.25. The van der Waals surface area contributed by atoms with Gasteiger partial charge >= 0.3 is 5.97 Å². The van der Waals surface area contributed by atoms with E-state index in [1.165, 1.54) is 0 Å². The number of rotatable bonds is 8. The Morgan fingerprint density at radius 3 is 2.73 bits per heavy atom.